The zero-order valence-electron chi connectivity index (χ0n) is 14.8. The molecule has 1 fully saturated rings. The molecule has 1 aliphatic rings. The van der Waals surface area contributed by atoms with E-state index in [4.69, 9.17) is 4.42 Å². The van der Waals surface area contributed by atoms with Gasteiger partial charge in [0, 0.05) is 18.2 Å². The summed E-state index contributed by atoms with van der Waals surface area (Å²) in [6, 6.07) is 19.1. The summed E-state index contributed by atoms with van der Waals surface area (Å²) in [7, 11) is 0. The van der Waals surface area contributed by atoms with Crippen LogP contribution in [0.15, 0.2) is 76.1 Å². The van der Waals surface area contributed by atoms with Crippen molar-refractivity contribution in [2.24, 2.45) is 0 Å². The first-order chi connectivity index (χ1) is 13.6. The van der Waals surface area contributed by atoms with Crippen LogP contribution in [0.25, 0.3) is 17.4 Å². The lowest BCUT2D eigenvalue weighted by Gasteiger charge is -2.11. The summed E-state index contributed by atoms with van der Waals surface area (Å²) in [5.41, 5.74) is 1.80. The Kier molecular flexibility index (Phi) is 5.12. The van der Waals surface area contributed by atoms with Gasteiger partial charge >= 0.3 is 0 Å². The Bertz CT molecular complexity index is 1040. The van der Waals surface area contributed by atoms with Gasteiger partial charge in [0.25, 0.3) is 11.1 Å². The van der Waals surface area contributed by atoms with Crippen LogP contribution in [-0.2, 0) is 11.2 Å². The maximum absolute atomic E-state index is 13.0. The first-order valence-corrected chi connectivity index (χ1v) is 9.57. The van der Waals surface area contributed by atoms with Gasteiger partial charge in [0.05, 0.1) is 4.91 Å². The molecule has 0 spiro atoms. The molecule has 0 unspecified atom stereocenters. The minimum Gasteiger partial charge on any atom is -0.457 e. The van der Waals surface area contributed by atoms with Gasteiger partial charge in [-0.15, -0.1) is 0 Å². The van der Waals surface area contributed by atoms with E-state index in [9.17, 15) is 14.0 Å². The Morgan fingerprint density at radius 3 is 2.46 bits per heavy atom. The lowest BCUT2D eigenvalue weighted by molar-refractivity contribution is -0.122. The minimum absolute atomic E-state index is 0.280. The number of halogens is 1. The van der Waals surface area contributed by atoms with Crippen LogP contribution < -0.4 is 0 Å². The average molecular weight is 393 g/mol. The van der Waals surface area contributed by atoms with E-state index in [2.05, 4.69) is 0 Å². The molecular weight excluding hydrogens is 377 g/mol. The monoisotopic (exact) mass is 393 g/mol. The second kappa shape index (κ2) is 7.86. The number of hydrogen-bond donors (Lipinski definition) is 0. The van der Waals surface area contributed by atoms with Gasteiger partial charge in [0.2, 0.25) is 0 Å². The number of thioether (sulfide) groups is 1. The number of imide groups is 1. The number of benzene rings is 2. The van der Waals surface area contributed by atoms with Gasteiger partial charge in [-0.3, -0.25) is 14.5 Å². The third-order valence-corrected chi connectivity index (χ3v) is 5.28. The maximum atomic E-state index is 13.0. The first-order valence-electron chi connectivity index (χ1n) is 8.75. The molecular formula is C22H16FNO3S. The van der Waals surface area contributed by atoms with E-state index in [1.807, 2.05) is 30.3 Å². The molecule has 6 heteroatoms. The van der Waals surface area contributed by atoms with Crippen molar-refractivity contribution in [3.63, 3.8) is 0 Å². The molecule has 0 N–H and O–H groups in total. The zero-order valence-corrected chi connectivity index (χ0v) is 15.6. The predicted octanol–water partition coefficient (Wildman–Crippen LogP) is 5.36. The molecule has 4 nitrogen and oxygen atoms in total. The SMILES string of the molecule is O=C1S/C(=C\c2ccc(-c3ccc(F)cc3)o2)C(=O)N1CCc1ccccc1. The van der Waals surface area contributed by atoms with Crippen molar-refractivity contribution in [1.82, 2.24) is 4.90 Å². The quantitative estimate of drug-likeness (QED) is 0.547. The highest BCUT2D eigenvalue weighted by Gasteiger charge is 2.34. The zero-order chi connectivity index (χ0) is 19.5. The van der Waals surface area contributed by atoms with Crippen LogP contribution >= 0.6 is 11.8 Å². The molecule has 0 atom stereocenters. The van der Waals surface area contributed by atoms with E-state index < -0.39 is 0 Å². The Morgan fingerprint density at radius 1 is 0.964 bits per heavy atom. The van der Waals surface area contributed by atoms with Gasteiger partial charge in [-0.05, 0) is 60.1 Å². The third-order valence-electron chi connectivity index (χ3n) is 4.37. The number of carbonyl (C=O) groups is 2. The number of nitrogens with zero attached hydrogens (tertiary/aromatic N) is 1. The molecule has 2 amide bonds. The van der Waals surface area contributed by atoms with Crippen molar-refractivity contribution in [2.75, 3.05) is 6.54 Å². The average Bonchev–Trinajstić information content (AvgIpc) is 3.27. The van der Waals surface area contributed by atoms with Crippen LogP contribution in [-0.4, -0.2) is 22.6 Å². The van der Waals surface area contributed by atoms with Gasteiger partial charge in [-0.2, -0.15) is 0 Å². The summed E-state index contributed by atoms with van der Waals surface area (Å²) < 4.78 is 18.8. The van der Waals surface area contributed by atoms with Crippen molar-refractivity contribution >= 4 is 29.0 Å². The molecule has 1 aromatic heterocycles. The molecule has 0 aliphatic carbocycles. The lowest BCUT2D eigenvalue weighted by Crippen LogP contribution is -2.30. The number of hydrogen-bond acceptors (Lipinski definition) is 4. The minimum atomic E-state index is -0.320. The Balaban J connectivity index is 1.47. The van der Waals surface area contributed by atoms with Crippen LogP contribution in [0.2, 0.25) is 0 Å². The molecule has 1 aliphatic heterocycles. The number of rotatable bonds is 5. The summed E-state index contributed by atoms with van der Waals surface area (Å²) in [4.78, 5) is 26.4. The predicted molar refractivity (Wildman–Crippen MR) is 107 cm³/mol. The Hall–Kier alpha value is -3.12. The summed E-state index contributed by atoms with van der Waals surface area (Å²) in [6.45, 7) is 0.338. The summed E-state index contributed by atoms with van der Waals surface area (Å²) in [5, 5.41) is -0.280. The van der Waals surface area contributed by atoms with Crippen LogP contribution in [0, 0.1) is 5.82 Å². The number of carbonyl (C=O) groups excluding carboxylic acids is 2. The van der Waals surface area contributed by atoms with Crippen molar-refractivity contribution in [2.45, 2.75) is 6.42 Å². The summed E-state index contributed by atoms with van der Waals surface area (Å²) in [6.07, 6.45) is 2.18. The van der Waals surface area contributed by atoms with Crippen molar-refractivity contribution in [3.05, 3.63) is 88.8 Å². The van der Waals surface area contributed by atoms with E-state index in [0.717, 1.165) is 22.9 Å². The van der Waals surface area contributed by atoms with Crippen molar-refractivity contribution < 1.29 is 18.4 Å². The van der Waals surface area contributed by atoms with Crippen LogP contribution in [0.5, 0.6) is 0 Å². The van der Waals surface area contributed by atoms with Gasteiger partial charge < -0.3 is 4.42 Å². The highest BCUT2D eigenvalue weighted by Crippen LogP contribution is 2.33. The highest BCUT2D eigenvalue weighted by atomic mass is 32.2. The van der Waals surface area contributed by atoms with Gasteiger partial charge in [0.1, 0.15) is 17.3 Å². The smallest absolute Gasteiger partial charge is 0.293 e. The van der Waals surface area contributed by atoms with Crippen LogP contribution in [0.1, 0.15) is 11.3 Å². The summed E-state index contributed by atoms with van der Waals surface area (Å²) in [5.74, 6) is 0.396. The fourth-order valence-electron chi connectivity index (χ4n) is 2.91. The molecule has 0 bridgehead atoms. The Labute approximate surface area is 165 Å². The van der Waals surface area contributed by atoms with Crippen molar-refractivity contribution in [1.29, 1.82) is 0 Å². The van der Waals surface area contributed by atoms with Crippen molar-refractivity contribution in [3.8, 4) is 11.3 Å². The van der Waals surface area contributed by atoms with E-state index >= 15 is 0 Å². The van der Waals surface area contributed by atoms with Gasteiger partial charge in [0.15, 0.2) is 0 Å². The van der Waals surface area contributed by atoms with Gasteiger partial charge in [-0.1, -0.05) is 30.3 Å². The van der Waals surface area contributed by atoms with E-state index in [-0.39, 0.29) is 17.0 Å². The first kappa shape index (κ1) is 18.3. The Morgan fingerprint density at radius 2 is 1.71 bits per heavy atom. The number of amides is 2. The molecule has 28 heavy (non-hydrogen) atoms. The fraction of sp³-hybridized carbons (Fsp3) is 0.0909. The second-order valence-corrected chi connectivity index (χ2v) is 7.27. The molecule has 1 saturated heterocycles. The van der Waals surface area contributed by atoms with E-state index in [1.165, 1.54) is 17.0 Å². The standard InChI is InChI=1S/C22H16FNO3S/c23-17-8-6-16(7-9-17)19-11-10-18(27-19)14-20-21(25)24(22(26)28-20)13-12-15-4-2-1-3-5-15/h1-11,14H,12-13H2/b20-14-. The van der Waals surface area contributed by atoms with E-state index in [1.54, 1.807) is 30.3 Å². The normalized spacial score (nSPS) is 15.6. The molecule has 3 aromatic rings. The highest BCUT2D eigenvalue weighted by molar-refractivity contribution is 8.18. The van der Waals surface area contributed by atoms with Crippen LogP contribution in [0.4, 0.5) is 9.18 Å². The maximum Gasteiger partial charge on any atom is 0.293 e. The number of furan rings is 1. The van der Waals surface area contributed by atoms with Gasteiger partial charge in [-0.25, -0.2) is 4.39 Å². The molecule has 2 heterocycles. The molecule has 2 aromatic carbocycles. The summed E-state index contributed by atoms with van der Waals surface area (Å²) >= 11 is 0.908. The lowest BCUT2D eigenvalue weighted by atomic mass is 10.1. The molecule has 140 valence electrons. The fourth-order valence-corrected chi connectivity index (χ4v) is 3.75. The molecule has 0 saturated carbocycles. The third kappa shape index (κ3) is 3.92. The second-order valence-electron chi connectivity index (χ2n) is 6.28. The van der Waals surface area contributed by atoms with E-state index in [0.29, 0.717) is 29.4 Å². The van der Waals surface area contributed by atoms with Crippen LogP contribution in [0.3, 0.4) is 0 Å². The molecule has 0 radical (unpaired) electrons. The topological polar surface area (TPSA) is 50.5 Å². The molecule has 4 rings (SSSR count). The largest absolute Gasteiger partial charge is 0.457 e.